The van der Waals surface area contributed by atoms with Crippen LogP contribution >= 0.6 is 22.9 Å². The third kappa shape index (κ3) is 2.01. The van der Waals surface area contributed by atoms with Crippen LogP contribution in [0.2, 0.25) is 4.34 Å². The number of nitrogens with zero attached hydrogens (tertiary/aromatic N) is 2. The summed E-state index contributed by atoms with van der Waals surface area (Å²) in [6, 6.07) is 8.61. The van der Waals surface area contributed by atoms with E-state index in [9.17, 15) is 0 Å². The van der Waals surface area contributed by atoms with E-state index in [4.69, 9.17) is 11.6 Å². The molecule has 0 spiro atoms. The van der Waals surface area contributed by atoms with E-state index in [0.29, 0.717) is 6.04 Å². The van der Waals surface area contributed by atoms with E-state index in [1.807, 2.05) is 12.1 Å². The van der Waals surface area contributed by atoms with Crippen LogP contribution in [0.3, 0.4) is 0 Å². The van der Waals surface area contributed by atoms with Crippen molar-refractivity contribution in [2.75, 3.05) is 5.32 Å². The molecule has 2 heterocycles. The maximum absolute atomic E-state index is 6.10. The zero-order valence-electron chi connectivity index (χ0n) is 9.89. The van der Waals surface area contributed by atoms with Gasteiger partial charge in [0.1, 0.15) is 0 Å². The molecule has 0 radical (unpaired) electrons. The average molecular weight is 355 g/mol. The van der Waals surface area contributed by atoms with Gasteiger partial charge in [-0.05, 0) is 0 Å². The van der Waals surface area contributed by atoms with Crippen LogP contribution in [0.1, 0.15) is 22.9 Å². The Morgan fingerprint density at radius 3 is 3.26 bits per heavy atom. The van der Waals surface area contributed by atoms with Crippen molar-refractivity contribution in [3.8, 4) is 0 Å². The topological polar surface area (TPSA) is 36.8 Å². The van der Waals surface area contributed by atoms with Gasteiger partial charge in [-0.25, -0.2) is 0 Å². The van der Waals surface area contributed by atoms with Gasteiger partial charge < -0.3 is 0 Å². The predicted octanol–water partition coefficient (Wildman–Crippen LogP) is 4.85. The molecular formula is C13H10ClN3SSe. The van der Waals surface area contributed by atoms with Crippen LogP contribution in [0.4, 0.5) is 17.1 Å². The molecular weight excluding hydrogens is 345 g/mol. The molecule has 0 bridgehead atoms. The van der Waals surface area contributed by atoms with Gasteiger partial charge in [0.2, 0.25) is 0 Å². The Balaban J connectivity index is 1.67. The summed E-state index contributed by atoms with van der Waals surface area (Å²) >= 11 is 7.82. The standard InChI is InChI=1S/C13H10ClN3SSe/c14-12-6-7-8(4-5-11(7)18-12)15-9-2-1-3-10-13(9)17-19-16-10/h1-3,6,8,15H,4-5H2. The van der Waals surface area contributed by atoms with Crippen LogP contribution in [-0.4, -0.2) is 14.6 Å². The number of hydrogen-bond acceptors (Lipinski definition) is 4. The molecule has 1 atom stereocenters. The molecule has 1 aliphatic carbocycles. The van der Waals surface area contributed by atoms with Gasteiger partial charge in [0, 0.05) is 0 Å². The first-order valence-electron chi connectivity index (χ1n) is 6.07. The summed E-state index contributed by atoms with van der Waals surface area (Å²) in [6.45, 7) is 0. The van der Waals surface area contributed by atoms with Crippen LogP contribution in [-0.2, 0) is 6.42 Å². The van der Waals surface area contributed by atoms with E-state index in [0.717, 1.165) is 34.2 Å². The van der Waals surface area contributed by atoms with Crippen molar-refractivity contribution in [3.05, 3.63) is 39.0 Å². The molecule has 96 valence electrons. The number of benzene rings is 1. The van der Waals surface area contributed by atoms with Crippen molar-refractivity contribution in [2.45, 2.75) is 18.9 Å². The molecule has 0 saturated heterocycles. The first-order valence-corrected chi connectivity index (χ1v) is 8.80. The van der Waals surface area contributed by atoms with E-state index in [1.165, 1.54) is 10.4 Å². The molecule has 0 amide bonds. The molecule has 1 aliphatic heterocycles. The van der Waals surface area contributed by atoms with Gasteiger partial charge in [0.15, 0.2) is 0 Å². The number of fused-ring (bicyclic) bond motifs is 2. The van der Waals surface area contributed by atoms with Gasteiger partial charge in [-0.15, -0.1) is 0 Å². The van der Waals surface area contributed by atoms with Crippen molar-refractivity contribution < 1.29 is 0 Å². The molecule has 19 heavy (non-hydrogen) atoms. The Bertz CT molecular complexity index is 733. The molecule has 0 fully saturated rings. The first kappa shape index (κ1) is 11.9. The number of hydrogen-bond donors (Lipinski definition) is 1. The minimum absolute atomic E-state index is 0.0205. The monoisotopic (exact) mass is 355 g/mol. The molecule has 1 aromatic heterocycles. The fourth-order valence-electron chi connectivity index (χ4n) is 2.59. The van der Waals surface area contributed by atoms with Crippen molar-refractivity contribution >= 4 is 54.6 Å². The maximum atomic E-state index is 6.10. The normalized spacial score (nSPS) is 19.1. The van der Waals surface area contributed by atoms with E-state index in [-0.39, 0.29) is 14.6 Å². The van der Waals surface area contributed by atoms with E-state index < -0.39 is 0 Å². The molecule has 3 nitrogen and oxygen atoms in total. The summed E-state index contributed by atoms with van der Waals surface area (Å²) in [6.07, 6.45) is 2.25. The second kappa shape index (κ2) is 4.60. The Morgan fingerprint density at radius 1 is 1.37 bits per heavy atom. The van der Waals surface area contributed by atoms with Crippen LogP contribution in [0.5, 0.6) is 0 Å². The third-order valence-electron chi connectivity index (χ3n) is 3.46. The van der Waals surface area contributed by atoms with Crippen LogP contribution in [0, 0.1) is 0 Å². The Morgan fingerprint density at radius 2 is 2.32 bits per heavy atom. The van der Waals surface area contributed by atoms with E-state index >= 15 is 0 Å². The Labute approximate surface area is 125 Å². The van der Waals surface area contributed by atoms with Gasteiger partial charge in [-0.1, -0.05) is 0 Å². The molecule has 6 heteroatoms. The van der Waals surface area contributed by atoms with Crippen molar-refractivity contribution in [3.63, 3.8) is 0 Å². The number of nitrogens with one attached hydrogen (secondary N) is 1. The van der Waals surface area contributed by atoms with Crippen molar-refractivity contribution in [1.29, 1.82) is 0 Å². The van der Waals surface area contributed by atoms with Crippen LogP contribution in [0.15, 0.2) is 32.2 Å². The number of thiophene rings is 1. The van der Waals surface area contributed by atoms with Crippen LogP contribution < -0.4 is 5.32 Å². The fraction of sp³-hybridized carbons (Fsp3) is 0.231. The Kier molecular flexibility index (Phi) is 2.88. The predicted molar refractivity (Wildman–Crippen MR) is 80.4 cm³/mol. The summed E-state index contributed by atoms with van der Waals surface area (Å²) in [5, 5.41) is 3.62. The first-order chi connectivity index (χ1) is 9.31. The molecule has 4 rings (SSSR count). The summed E-state index contributed by atoms with van der Waals surface area (Å²) in [5.41, 5.74) is 4.50. The van der Waals surface area contributed by atoms with Gasteiger partial charge in [0.05, 0.1) is 0 Å². The minimum atomic E-state index is 0.0205. The zero-order valence-corrected chi connectivity index (χ0v) is 13.2. The fourth-order valence-corrected chi connectivity index (χ4v) is 5.10. The number of aryl methyl sites for hydroxylation is 1. The van der Waals surface area contributed by atoms with Crippen molar-refractivity contribution in [2.24, 2.45) is 7.92 Å². The summed E-state index contributed by atoms with van der Waals surface area (Å²) in [4.78, 5) is 1.42. The van der Waals surface area contributed by atoms with Crippen molar-refractivity contribution in [1.82, 2.24) is 0 Å². The van der Waals surface area contributed by atoms with E-state index in [1.54, 1.807) is 11.3 Å². The van der Waals surface area contributed by atoms with Gasteiger partial charge >= 0.3 is 126 Å². The molecule has 1 N–H and O–H groups in total. The van der Waals surface area contributed by atoms with Gasteiger partial charge in [-0.3, -0.25) is 0 Å². The number of anilines is 1. The molecule has 2 aromatic rings. The summed E-state index contributed by atoms with van der Waals surface area (Å²) in [7, 11) is 0. The molecule has 2 aliphatic rings. The number of halogens is 1. The van der Waals surface area contributed by atoms with E-state index in [2.05, 4.69) is 25.4 Å². The molecule has 1 aromatic carbocycles. The Hall–Kier alpha value is -0.871. The zero-order chi connectivity index (χ0) is 12.8. The molecule has 1 unspecified atom stereocenters. The second-order valence-electron chi connectivity index (χ2n) is 4.60. The third-order valence-corrected chi connectivity index (χ3v) is 5.94. The SMILES string of the molecule is Clc1cc2c(s1)CCC2Nc1cccc2c1N=[Se]=N2. The quantitative estimate of drug-likeness (QED) is 0.656. The van der Waals surface area contributed by atoms with Gasteiger partial charge in [0.25, 0.3) is 0 Å². The van der Waals surface area contributed by atoms with Gasteiger partial charge in [-0.2, -0.15) is 0 Å². The second-order valence-corrected chi connectivity index (χ2v) is 7.48. The average Bonchev–Trinajstić information content (AvgIpc) is 3.06. The summed E-state index contributed by atoms with van der Waals surface area (Å²) in [5.74, 6) is 0. The summed E-state index contributed by atoms with van der Waals surface area (Å²) < 4.78 is 9.82. The van der Waals surface area contributed by atoms with Crippen LogP contribution in [0.25, 0.3) is 0 Å². The molecule has 0 saturated carbocycles. The number of rotatable bonds is 2.